The smallest absolute Gasteiger partial charge is 0.253 e. The van der Waals surface area contributed by atoms with Crippen molar-refractivity contribution >= 4 is 22.6 Å². The number of primary amides is 1. The summed E-state index contributed by atoms with van der Waals surface area (Å²) in [7, 11) is 0. The average Bonchev–Trinajstić information content (AvgIpc) is 3.06. The minimum absolute atomic E-state index is 0.0542. The van der Waals surface area contributed by atoms with E-state index in [0.29, 0.717) is 42.8 Å². The first-order valence-electron chi connectivity index (χ1n) is 10.1. The highest BCUT2D eigenvalue weighted by Gasteiger charge is 2.21. The number of aromatic nitrogens is 4. The van der Waals surface area contributed by atoms with Gasteiger partial charge < -0.3 is 15.9 Å². The maximum Gasteiger partial charge on any atom is 0.253 e. The lowest BCUT2D eigenvalue weighted by molar-refractivity contribution is 0.0440. The quantitative estimate of drug-likeness (QED) is 0.441. The second-order valence-corrected chi connectivity index (χ2v) is 7.36. The molecule has 4 aromatic rings. The normalized spacial score (nSPS) is 13.5. The van der Waals surface area contributed by atoms with E-state index in [9.17, 15) is 9.18 Å². The van der Waals surface area contributed by atoms with Crippen LogP contribution in [0.4, 0.5) is 10.2 Å². The third-order valence-corrected chi connectivity index (χ3v) is 5.29. The molecule has 0 aliphatic carbocycles. The van der Waals surface area contributed by atoms with Gasteiger partial charge in [-0.05, 0) is 11.6 Å². The summed E-state index contributed by atoms with van der Waals surface area (Å²) in [4.78, 5) is 26.5. The van der Waals surface area contributed by atoms with Crippen LogP contribution in [0.2, 0.25) is 0 Å². The Labute approximate surface area is 182 Å². The third-order valence-electron chi connectivity index (χ3n) is 5.29. The second kappa shape index (κ2) is 8.33. The molecule has 10 heteroatoms. The molecule has 0 fully saturated rings. The predicted molar refractivity (Wildman–Crippen MR) is 115 cm³/mol. The van der Waals surface area contributed by atoms with Crippen molar-refractivity contribution in [3.05, 3.63) is 76.9 Å². The number of nitrogens with zero attached hydrogens (tertiary/aromatic N) is 4. The van der Waals surface area contributed by atoms with Gasteiger partial charge in [-0.3, -0.25) is 4.79 Å². The number of anilines is 1. The van der Waals surface area contributed by atoms with Gasteiger partial charge in [-0.2, -0.15) is 20.2 Å². The van der Waals surface area contributed by atoms with E-state index < -0.39 is 11.7 Å². The van der Waals surface area contributed by atoms with E-state index in [0.717, 1.165) is 22.9 Å². The lowest BCUT2D eigenvalue weighted by Gasteiger charge is -2.15. The zero-order valence-corrected chi connectivity index (χ0v) is 17.0. The summed E-state index contributed by atoms with van der Waals surface area (Å²) in [6.45, 7) is 1.43. The molecule has 2 aromatic heterocycles. The van der Waals surface area contributed by atoms with Crippen LogP contribution in [0, 0.1) is 5.82 Å². The van der Waals surface area contributed by atoms with Gasteiger partial charge in [0.1, 0.15) is 11.6 Å². The van der Waals surface area contributed by atoms with Crippen molar-refractivity contribution in [1.82, 2.24) is 25.2 Å². The van der Waals surface area contributed by atoms with Crippen molar-refractivity contribution in [2.75, 3.05) is 11.9 Å². The van der Waals surface area contributed by atoms with Gasteiger partial charge >= 0.3 is 0 Å². The van der Waals surface area contributed by atoms with E-state index >= 15 is 0 Å². The van der Waals surface area contributed by atoms with Gasteiger partial charge in [-0.25, -0.2) is 9.37 Å². The van der Waals surface area contributed by atoms with Crippen LogP contribution in [0.3, 0.4) is 0 Å². The molecule has 4 N–H and O–H groups in total. The van der Waals surface area contributed by atoms with Crippen LogP contribution in [0.15, 0.2) is 48.7 Å². The summed E-state index contributed by atoms with van der Waals surface area (Å²) in [5.74, 6) is -0.431. The molecular weight excluding hydrogens is 413 g/mol. The Kier molecular flexibility index (Phi) is 5.21. The highest BCUT2D eigenvalue weighted by molar-refractivity contribution is 6.05. The molecule has 32 heavy (non-hydrogen) atoms. The van der Waals surface area contributed by atoms with Gasteiger partial charge in [-0.15, -0.1) is 0 Å². The zero-order chi connectivity index (χ0) is 22.1. The van der Waals surface area contributed by atoms with Crippen molar-refractivity contribution in [1.29, 1.82) is 0 Å². The highest BCUT2D eigenvalue weighted by Crippen LogP contribution is 2.26. The van der Waals surface area contributed by atoms with E-state index in [2.05, 4.69) is 20.9 Å². The largest absolute Gasteiger partial charge is 0.366 e. The molecule has 1 aliphatic rings. The number of carbonyl (C=O) groups is 1. The fraction of sp³-hybridized carbons (Fsp3) is 0.182. The van der Waals surface area contributed by atoms with Crippen molar-refractivity contribution in [2.24, 2.45) is 5.73 Å². The molecule has 1 amide bonds. The van der Waals surface area contributed by atoms with Crippen molar-refractivity contribution in [3.8, 4) is 5.95 Å². The topological polar surface area (TPSA) is 120 Å². The number of halogens is 1. The standard InChI is InChI=1S/C22H20FN7O2/c23-14-8-16(20(24)31)17-11-26-30(19(17)9-14)22-28-18-12-27-32-7-6-15(18)21(29-22)25-10-13-4-2-1-3-5-13/h1-5,8-9,11,27H,6-7,10,12H2,(H2,24,31)(H,25,28,29). The molecule has 5 rings (SSSR count). The monoisotopic (exact) mass is 433 g/mol. The summed E-state index contributed by atoms with van der Waals surface area (Å²) >= 11 is 0. The predicted octanol–water partition coefficient (Wildman–Crippen LogP) is 2.24. The molecule has 0 saturated carbocycles. The van der Waals surface area contributed by atoms with Gasteiger partial charge in [0.05, 0.1) is 36.1 Å². The number of fused-ring (bicyclic) bond motifs is 2. The second-order valence-electron chi connectivity index (χ2n) is 7.36. The summed E-state index contributed by atoms with van der Waals surface area (Å²) < 4.78 is 15.6. The van der Waals surface area contributed by atoms with Crippen molar-refractivity contribution < 1.29 is 14.0 Å². The summed E-state index contributed by atoms with van der Waals surface area (Å²) in [6.07, 6.45) is 2.09. The molecule has 162 valence electrons. The fourth-order valence-electron chi connectivity index (χ4n) is 3.75. The maximum atomic E-state index is 14.2. The van der Waals surface area contributed by atoms with Crippen LogP contribution >= 0.6 is 0 Å². The lowest BCUT2D eigenvalue weighted by Crippen LogP contribution is -2.16. The number of rotatable bonds is 5. The molecule has 0 radical (unpaired) electrons. The van der Waals surface area contributed by atoms with E-state index in [4.69, 9.17) is 15.6 Å². The Morgan fingerprint density at radius 3 is 2.91 bits per heavy atom. The Morgan fingerprint density at radius 1 is 1.25 bits per heavy atom. The molecule has 0 bridgehead atoms. The molecule has 9 nitrogen and oxygen atoms in total. The molecule has 0 atom stereocenters. The lowest BCUT2D eigenvalue weighted by atomic mass is 10.1. The first kappa shape index (κ1) is 20.0. The third kappa shape index (κ3) is 3.77. The molecule has 1 aliphatic heterocycles. The van der Waals surface area contributed by atoms with Gasteiger partial charge in [-0.1, -0.05) is 30.3 Å². The number of hydrogen-bond donors (Lipinski definition) is 3. The highest BCUT2D eigenvalue weighted by atomic mass is 19.1. The molecular formula is C22H20FN7O2. The number of hydrogen-bond acceptors (Lipinski definition) is 7. The van der Waals surface area contributed by atoms with Gasteiger partial charge in [0.25, 0.3) is 5.95 Å². The van der Waals surface area contributed by atoms with Crippen molar-refractivity contribution in [2.45, 2.75) is 19.5 Å². The number of hydroxylamine groups is 1. The number of benzene rings is 2. The fourth-order valence-corrected chi connectivity index (χ4v) is 3.75. The first-order valence-corrected chi connectivity index (χ1v) is 10.1. The SMILES string of the molecule is NC(=O)c1cc(F)cc2c1cnn2-c1nc2c(c(NCc3ccccc3)n1)CCONC2. The Bertz CT molecular complexity index is 1310. The van der Waals surface area contributed by atoms with Crippen LogP contribution in [-0.2, 0) is 24.3 Å². The number of nitrogens with two attached hydrogens (primary N) is 1. The molecule has 2 aromatic carbocycles. The number of carbonyl (C=O) groups excluding carboxylic acids is 1. The van der Waals surface area contributed by atoms with Crippen LogP contribution in [0.1, 0.15) is 27.2 Å². The summed E-state index contributed by atoms with van der Waals surface area (Å²) in [5.41, 5.74) is 11.5. The minimum Gasteiger partial charge on any atom is -0.366 e. The Balaban J connectivity index is 1.62. The van der Waals surface area contributed by atoms with E-state index in [1.807, 2.05) is 30.3 Å². The van der Waals surface area contributed by atoms with Gasteiger partial charge in [0.2, 0.25) is 5.91 Å². The summed E-state index contributed by atoms with van der Waals surface area (Å²) in [5, 5.41) is 8.13. The molecule has 0 saturated heterocycles. The van der Waals surface area contributed by atoms with Crippen LogP contribution in [0.5, 0.6) is 0 Å². The van der Waals surface area contributed by atoms with Crippen LogP contribution < -0.4 is 16.5 Å². The number of nitrogens with one attached hydrogen (secondary N) is 2. The maximum absolute atomic E-state index is 14.2. The zero-order valence-electron chi connectivity index (χ0n) is 17.0. The Morgan fingerprint density at radius 2 is 2.09 bits per heavy atom. The Hall–Kier alpha value is -3.89. The average molecular weight is 433 g/mol. The molecule has 0 unspecified atom stereocenters. The molecule has 0 spiro atoms. The van der Waals surface area contributed by atoms with Crippen LogP contribution in [-0.4, -0.2) is 32.3 Å². The van der Waals surface area contributed by atoms with Gasteiger partial charge in [0.15, 0.2) is 0 Å². The first-order chi connectivity index (χ1) is 15.6. The van der Waals surface area contributed by atoms with E-state index in [-0.39, 0.29) is 11.5 Å². The number of amides is 1. The molecule has 3 heterocycles. The van der Waals surface area contributed by atoms with E-state index in [1.165, 1.54) is 16.9 Å². The minimum atomic E-state index is -0.733. The van der Waals surface area contributed by atoms with Gasteiger partial charge in [0, 0.05) is 30.0 Å². The van der Waals surface area contributed by atoms with Crippen molar-refractivity contribution in [3.63, 3.8) is 0 Å². The van der Waals surface area contributed by atoms with Crippen LogP contribution in [0.25, 0.3) is 16.9 Å². The van der Waals surface area contributed by atoms with E-state index in [1.54, 1.807) is 0 Å². The summed E-state index contributed by atoms with van der Waals surface area (Å²) in [6, 6.07) is 12.3.